The molecule has 0 amide bonds. The molecule has 0 spiro atoms. The van der Waals surface area contributed by atoms with E-state index in [-0.39, 0.29) is 11.0 Å². The van der Waals surface area contributed by atoms with Gasteiger partial charge < -0.3 is 4.42 Å². The molecule has 0 fully saturated rings. The van der Waals surface area contributed by atoms with Crippen LogP contribution in [0.5, 0.6) is 0 Å². The summed E-state index contributed by atoms with van der Waals surface area (Å²) in [6, 6.07) is 11.0. The number of benzene rings is 3. The van der Waals surface area contributed by atoms with E-state index in [4.69, 9.17) is 4.42 Å². The van der Waals surface area contributed by atoms with Gasteiger partial charge in [0.05, 0.1) is 21.7 Å². The van der Waals surface area contributed by atoms with Gasteiger partial charge in [-0.15, -0.1) is 0 Å². The van der Waals surface area contributed by atoms with Crippen LogP contribution in [0, 0.1) is 0 Å². The van der Waals surface area contributed by atoms with Crippen LogP contribution >= 0.6 is 0 Å². The lowest BCUT2D eigenvalue weighted by Crippen LogP contribution is -2.16. The SMILES string of the molecule is O=S(=O)(Nc1cc(C(F)(F)F)cc(C(F)(F)F)c1)c1ccc2oc3ccccc3c2c1. The molecule has 3 aromatic carbocycles. The molecule has 0 radical (unpaired) electrons. The van der Waals surface area contributed by atoms with Crippen LogP contribution in [0.2, 0.25) is 0 Å². The molecule has 4 rings (SSSR count). The third-order valence-corrected chi connectivity index (χ3v) is 5.88. The highest BCUT2D eigenvalue weighted by Crippen LogP contribution is 2.38. The number of anilines is 1. The maximum atomic E-state index is 13.0. The first-order chi connectivity index (χ1) is 14.3. The summed E-state index contributed by atoms with van der Waals surface area (Å²) >= 11 is 0. The lowest BCUT2D eigenvalue weighted by atomic mass is 10.1. The fraction of sp³-hybridized carbons (Fsp3) is 0.100. The third kappa shape index (κ3) is 4.05. The topological polar surface area (TPSA) is 59.3 Å². The fourth-order valence-corrected chi connectivity index (χ4v) is 4.17. The van der Waals surface area contributed by atoms with Crippen LogP contribution in [0.15, 0.2) is 70.0 Å². The van der Waals surface area contributed by atoms with Crippen LogP contribution in [-0.4, -0.2) is 8.42 Å². The Hall–Kier alpha value is -3.21. The Morgan fingerprint density at radius 2 is 1.29 bits per heavy atom. The van der Waals surface area contributed by atoms with Gasteiger partial charge in [-0.2, -0.15) is 26.3 Å². The molecule has 1 aromatic heterocycles. The summed E-state index contributed by atoms with van der Waals surface area (Å²) in [7, 11) is -4.50. The highest BCUT2D eigenvalue weighted by Gasteiger charge is 2.37. The molecule has 0 aliphatic carbocycles. The van der Waals surface area contributed by atoms with Crippen molar-refractivity contribution in [3.05, 3.63) is 71.8 Å². The molecule has 0 unspecified atom stereocenters. The molecule has 1 heterocycles. The number of para-hydroxylation sites is 1. The molecule has 0 bridgehead atoms. The highest BCUT2D eigenvalue weighted by atomic mass is 32.2. The zero-order valence-corrected chi connectivity index (χ0v) is 16.0. The highest BCUT2D eigenvalue weighted by molar-refractivity contribution is 7.92. The number of furan rings is 1. The maximum absolute atomic E-state index is 13.0. The van der Waals surface area contributed by atoms with Crippen LogP contribution in [0.1, 0.15) is 11.1 Å². The molecule has 31 heavy (non-hydrogen) atoms. The van der Waals surface area contributed by atoms with E-state index in [9.17, 15) is 34.8 Å². The van der Waals surface area contributed by atoms with Gasteiger partial charge >= 0.3 is 12.4 Å². The van der Waals surface area contributed by atoms with Crippen molar-refractivity contribution in [3.63, 3.8) is 0 Å². The standard InChI is InChI=1S/C20H11F6NO3S/c21-19(22,23)11-7-12(20(24,25)26)9-13(8-11)27-31(28,29)14-5-6-18-16(10-14)15-3-1-2-4-17(15)30-18/h1-10,27H. The van der Waals surface area contributed by atoms with Gasteiger partial charge in [0.25, 0.3) is 10.0 Å². The average molecular weight is 459 g/mol. The molecular formula is C20H11F6NO3S. The quantitative estimate of drug-likeness (QED) is 0.360. The molecule has 0 saturated heterocycles. The number of alkyl halides is 6. The number of nitrogens with one attached hydrogen (secondary N) is 1. The van der Waals surface area contributed by atoms with Gasteiger partial charge in [0.2, 0.25) is 0 Å². The van der Waals surface area contributed by atoms with Gasteiger partial charge in [0.1, 0.15) is 11.2 Å². The normalized spacial score (nSPS) is 13.1. The van der Waals surface area contributed by atoms with Gasteiger partial charge in [0, 0.05) is 10.8 Å². The van der Waals surface area contributed by atoms with Gasteiger partial charge in [-0.3, -0.25) is 4.72 Å². The Morgan fingerprint density at radius 1 is 0.710 bits per heavy atom. The molecule has 4 nitrogen and oxygen atoms in total. The fourth-order valence-electron chi connectivity index (χ4n) is 3.10. The molecule has 0 atom stereocenters. The van der Waals surface area contributed by atoms with Crippen LogP contribution in [-0.2, 0) is 22.4 Å². The summed E-state index contributed by atoms with van der Waals surface area (Å²) in [6.45, 7) is 0. The number of hydrogen-bond acceptors (Lipinski definition) is 3. The minimum absolute atomic E-state index is 0.0819. The Bertz CT molecular complexity index is 1370. The van der Waals surface area contributed by atoms with Crippen molar-refractivity contribution in [2.45, 2.75) is 17.2 Å². The Labute approximate surface area is 171 Å². The summed E-state index contributed by atoms with van der Waals surface area (Å²) in [4.78, 5) is -0.350. The number of fused-ring (bicyclic) bond motifs is 3. The first-order valence-corrected chi connectivity index (χ1v) is 10.1. The van der Waals surface area contributed by atoms with E-state index in [1.807, 2.05) is 0 Å². The molecule has 162 valence electrons. The molecular weight excluding hydrogens is 448 g/mol. The van der Waals surface area contributed by atoms with Gasteiger partial charge in [-0.25, -0.2) is 8.42 Å². The van der Waals surface area contributed by atoms with Crippen LogP contribution < -0.4 is 4.72 Å². The first kappa shape index (κ1) is 21.0. The van der Waals surface area contributed by atoms with Crippen LogP contribution in [0.3, 0.4) is 0 Å². The second kappa shape index (κ2) is 6.91. The monoisotopic (exact) mass is 459 g/mol. The summed E-state index contributed by atoms with van der Waals surface area (Å²) in [5, 5.41) is 1.03. The Balaban J connectivity index is 1.79. The largest absolute Gasteiger partial charge is 0.456 e. The van der Waals surface area contributed by atoms with Crippen LogP contribution in [0.4, 0.5) is 32.0 Å². The second-order valence-corrected chi connectivity index (χ2v) is 8.34. The first-order valence-electron chi connectivity index (χ1n) is 8.58. The van der Waals surface area contributed by atoms with Gasteiger partial charge in [-0.05, 0) is 42.5 Å². The predicted molar refractivity (Wildman–Crippen MR) is 101 cm³/mol. The smallest absolute Gasteiger partial charge is 0.416 e. The van der Waals surface area contributed by atoms with E-state index in [0.29, 0.717) is 34.1 Å². The zero-order valence-electron chi connectivity index (χ0n) is 15.2. The van der Waals surface area contributed by atoms with Crippen molar-refractivity contribution in [2.24, 2.45) is 0 Å². The lowest BCUT2D eigenvalue weighted by molar-refractivity contribution is -0.143. The summed E-state index contributed by atoms with van der Waals surface area (Å²) in [5.41, 5.74) is -3.25. The van der Waals surface area contributed by atoms with E-state index in [1.54, 1.807) is 29.0 Å². The Morgan fingerprint density at radius 3 is 1.90 bits per heavy atom. The minimum atomic E-state index is -5.10. The predicted octanol–water partition coefficient (Wildman–Crippen LogP) is 6.42. The Kier molecular flexibility index (Phi) is 4.69. The molecule has 0 aliphatic heterocycles. The van der Waals surface area contributed by atoms with Gasteiger partial charge in [-0.1, -0.05) is 18.2 Å². The van der Waals surface area contributed by atoms with Crippen LogP contribution in [0.25, 0.3) is 21.9 Å². The van der Waals surface area contributed by atoms with E-state index >= 15 is 0 Å². The number of sulfonamides is 1. The molecule has 11 heteroatoms. The molecule has 0 saturated carbocycles. The summed E-state index contributed by atoms with van der Waals surface area (Å²) in [5.74, 6) is 0. The maximum Gasteiger partial charge on any atom is 0.416 e. The van der Waals surface area contributed by atoms with Crippen molar-refractivity contribution in [3.8, 4) is 0 Å². The second-order valence-electron chi connectivity index (χ2n) is 6.66. The van der Waals surface area contributed by atoms with E-state index in [1.165, 1.54) is 12.1 Å². The number of rotatable bonds is 3. The zero-order chi connectivity index (χ0) is 22.6. The van der Waals surface area contributed by atoms with E-state index < -0.39 is 39.2 Å². The average Bonchev–Trinajstić information content (AvgIpc) is 3.04. The van der Waals surface area contributed by atoms with E-state index in [0.717, 1.165) is 6.07 Å². The molecule has 0 aliphatic rings. The number of hydrogen-bond donors (Lipinski definition) is 1. The molecule has 4 aromatic rings. The van der Waals surface area contributed by atoms with Crippen molar-refractivity contribution in [1.29, 1.82) is 0 Å². The van der Waals surface area contributed by atoms with Crippen molar-refractivity contribution < 1.29 is 39.2 Å². The third-order valence-electron chi connectivity index (χ3n) is 4.50. The summed E-state index contributed by atoms with van der Waals surface area (Å²) in [6.07, 6.45) is -10.2. The van der Waals surface area contributed by atoms with Crippen molar-refractivity contribution >= 4 is 37.6 Å². The summed E-state index contributed by atoms with van der Waals surface area (Å²) < 4.78 is 111. The molecule has 1 N–H and O–H groups in total. The number of halogens is 6. The minimum Gasteiger partial charge on any atom is -0.456 e. The van der Waals surface area contributed by atoms with E-state index in [2.05, 4.69) is 0 Å². The van der Waals surface area contributed by atoms with Crippen molar-refractivity contribution in [1.82, 2.24) is 0 Å². The van der Waals surface area contributed by atoms with Gasteiger partial charge in [0.15, 0.2) is 0 Å². The lowest BCUT2D eigenvalue weighted by Gasteiger charge is -2.15. The van der Waals surface area contributed by atoms with Crippen molar-refractivity contribution in [2.75, 3.05) is 4.72 Å².